The summed E-state index contributed by atoms with van der Waals surface area (Å²) >= 11 is 4.55. The van der Waals surface area contributed by atoms with Crippen LogP contribution in [0.5, 0.6) is 0 Å². The third-order valence-electron chi connectivity index (χ3n) is 0.937. The van der Waals surface area contributed by atoms with Crippen LogP contribution in [-0.2, 0) is 0 Å². The Morgan fingerprint density at radius 1 is 1.60 bits per heavy atom. The molecule has 0 aliphatic carbocycles. The van der Waals surface area contributed by atoms with E-state index in [1.165, 1.54) is 0 Å². The molecule has 1 aromatic rings. The zero-order chi connectivity index (χ0) is 7.56. The van der Waals surface area contributed by atoms with E-state index in [4.69, 9.17) is 0 Å². The molecule has 2 nitrogen and oxygen atoms in total. The van der Waals surface area contributed by atoms with E-state index in [1.807, 2.05) is 0 Å². The highest BCUT2D eigenvalue weighted by Crippen LogP contribution is 2.13. The van der Waals surface area contributed by atoms with Crippen molar-refractivity contribution >= 4 is 12.2 Å². The minimum Gasteiger partial charge on any atom is -0.345 e. The number of rotatable bonds is 1. The van der Waals surface area contributed by atoms with E-state index in [9.17, 15) is 8.78 Å². The molecule has 54 valence electrons. The number of nitrogens with zero attached hydrogens (tertiary/aromatic N) is 1. The summed E-state index contributed by atoms with van der Waals surface area (Å²) in [6.45, 7) is 0. The summed E-state index contributed by atoms with van der Waals surface area (Å²) < 4.78 is 23.9. The predicted molar refractivity (Wildman–Crippen MR) is 34.4 cm³/mol. The van der Waals surface area contributed by atoms with Crippen molar-refractivity contribution in [1.82, 2.24) is 9.97 Å². The Labute approximate surface area is 60.9 Å². The fourth-order valence-corrected chi connectivity index (χ4v) is 0.688. The molecule has 0 saturated carbocycles. The van der Waals surface area contributed by atoms with Crippen LogP contribution in [0.4, 0.5) is 8.78 Å². The minimum atomic E-state index is -2.51. The van der Waals surface area contributed by atoms with E-state index in [-0.39, 0.29) is 10.3 Å². The summed E-state index contributed by atoms with van der Waals surface area (Å²) in [5.74, 6) is 0. The molecule has 0 spiro atoms. The molecule has 0 bridgehead atoms. The average Bonchev–Trinajstić information content (AvgIpc) is 1.88. The fourth-order valence-electron chi connectivity index (χ4n) is 0.508. The van der Waals surface area contributed by atoms with Crippen molar-refractivity contribution in [2.24, 2.45) is 0 Å². The van der Waals surface area contributed by atoms with E-state index in [0.29, 0.717) is 0 Å². The molecule has 0 radical (unpaired) electrons. The van der Waals surface area contributed by atoms with Crippen molar-refractivity contribution in [3.63, 3.8) is 0 Å². The zero-order valence-corrected chi connectivity index (χ0v) is 5.66. The van der Waals surface area contributed by atoms with E-state index < -0.39 is 6.43 Å². The Balaban J connectivity index is 3.07. The molecule has 0 fully saturated rings. The van der Waals surface area contributed by atoms with Crippen molar-refractivity contribution in [3.05, 3.63) is 22.7 Å². The normalized spacial score (nSPS) is 10.3. The smallest absolute Gasteiger partial charge is 0.278 e. The molecule has 0 aromatic carbocycles. The predicted octanol–water partition coefficient (Wildman–Crippen LogP) is 2.08. The largest absolute Gasteiger partial charge is 0.345 e. The van der Waals surface area contributed by atoms with Crippen LogP contribution in [0.2, 0.25) is 0 Å². The highest BCUT2D eigenvalue weighted by atomic mass is 32.1. The van der Waals surface area contributed by atoms with Gasteiger partial charge < -0.3 is 4.98 Å². The molecule has 0 amide bonds. The van der Waals surface area contributed by atoms with Gasteiger partial charge in [-0.05, 0) is 0 Å². The molecule has 0 aliphatic rings. The third-order valence-corrected chi connectivity index (χ3v) is 1.16. The number of aromatic nitrogens is 2. The number of nitrogens with one attached hydrogen (secondary N) is 1. The van der Waals surface area contributed by atoms with Crippen molar-refractivity contribution in [2.45, 2.75) is 6.43 Å². The van der Waals surface area contributed by atoms with Gasteiger partial charge in [0.2, 0.25) is 0 Å². The summed E-state index contributed by atoms with van der Waals surface area (Å²) in [4.78, 5) is 5.83. The van der Waals surface area contributed by atoms with E-state index in [2.05, 4.69) is 22.2 Å². The molecule has 1 N–H and O–H groups in total. The molecular weight excluding hydrogens is 158 g/mol. The van der Waals surface area contributed by atoms with Gasteiger partial charge in [-0.1, -0.05) is 12.2 Å². The van der Waals surface area contributed by atoms with E-state index in [0.717, 1.165) is 12.4 Å². The summed E-state index contributed by atoms with van der Waals surface area (Å²) in [7, 11) is 0. The second-order valence-corrected chi connectivity index (χ2v) is 2.06. The first-order valence-corrected chi connectivity index (χ1v) is 2.94. The highest BCUT2D eigenvalue weighted by Gasteiger charge is 2.05. The first kappa shape index (κ1) is 7.27. The quantitative estimate of drug-likeness (QED) is 0.640. The molecule has 0 atom stereocenters. The minimum absolute atomic E-state index is 0.175. The van der Waals surface area contributed by atoms with Crippen molar-refractivity contribution in [2.75, 3.05) is 0 Å². The molecule has 1 heterocycles. The Hall–Kier alpha value is -0.840. The van der Waals surface area contributed by atoms with Gasteiger partial charge >= 0.3 is 0 Å². The van der Waals surface area contributed by atoms with Crippen molar-refractivity contribution < 1.29 is 8.78 Å². The zero-order valence-electron chi connectivity index (χ0n) is 4.84. The topological polar surface area (TPSA) is 28.7 Å². The second kappa shape index (κ2) is 2.83. The standard InChI is InChI=1S/C5H4F2N2S/c6-5(7)3-1-4(10)9-2-8-3/h1-2,5H,(H,8,9,10). The number of hydrogen-bond donors (Lipinski definition) is 1. The van der Waals surface area contributed by atoms with Gasteiger partial charge in [-0.15, -0.1) is 0 Å². The van der Waals surface area contributed by atoms with Crippen LogP contribution < -0.4 is 0 Å². The molecule has 0 aliphatic heterocycles. The Kier molecular flexibility index (Phi) is 2.06. The van der Waals surface area contributed by atoms with Crippen LogP contribution >= 0.6 is 12.2 Å². The van der Waals surface area contributed by atoms with Crippen LogP contribution in [0, 0.1) is 4.64 Å². The van der Waals surface area contributed by atoms with Gasteiger partial charge in [0.25, 0.3) is 6.43 Å². The Bertz CT molecular complexity index is 270. The number of halogens is 2. The summed E-state index contributed by atoms with van der Waals surface area (Å²) in [5, 5.41) is 0. The van der Waals surface area contributed by atoms with Gasteiger partial charge in [0.15, 0.2) is 0 Å². The lowest BCUT2D eigenvalue weighted by molar-refractivity contribution is 0.146. The molecule has 10 heavy (non-hydrogen) atoms. The number of alkyl halides is 2. The molecule has 1 rings (SSSR count). The fraction of sp³-hybridized carbons (Fsp3) is 0.200. The SMILES string of the molecule is FC(F)c1cc(=S)nc[nH]1. The summed E-state index contributed by atoms with van der Waals surface area (Å²) in [6.07, 6.45) is -1.35. The Morgan fingerprint density at radius 2 is 2.30 bits per heavy atom. The van der Waals surface area contributed by atoms with Gasteiger partial charge in [0.1, 0.15) is 4.64 Å². The maximum Gasteiger partial charge on any atom is 0.278 e. The summed E-state index contributed by atoms with van der Waals surface area (Å²) in [5.41, 5.74) is -0.194. The maximum atomic E-state index is 11.8. The third kappa shape index (κ3) is 1.57. The first-order chi connectivity index (χ1) is 4.70. The van der Waals surface area contributed by atoms with Crippen LogP contribution in [0.1, 0.15) is 12.1 Å². The molecule has 0 unspecified atom stereocenters. The van der Waals surface area contributed by atoms with Crippen LogP contribution in [0.15, 0.2) is 12.4 Å². The van der Waals surface area contributed by atoms with Gasteiger partial charge in [0, 0.05) is 6.07 Å². The average molecular weight is 162 g/mol. The maximum absolute atomic E-state index is 11.8. The monoisotopic (exact) mass is 162 g/mol. The van der Waals surface area contributed by atoms with E-state index >= 15 is 0 Å². The molecule has 5 heteroatoms. The second-order valence-electron chi connectivity index (χ2n) is 1.64. The molecular formula is C5H4F2N2S. The van der Waals surface area contributed by atoms with Crippen molar-refractivity contribution in [3.8, 4) is 0 Å². The lowest BCUT2D eigenvalue weighted by Crippen LogP contribution is -1.89. The van der Waals surface area contributed by atoms with Crippen LogP contribution in [0.3, 0.4) is 0 Å². The van der Waals surface area contributed by atoms with Crippen LogP contribution in [0.25, 0.3) is 0 Å². The number of H-pyrrole nitrogens is 1. The van der Waals surface area contributed by atoms with Crippen LogP contribution in [-0.4, -0.2) is 9.97 Å². The van der Waals surface area contributed by atoms with Gasteiger partial charge in [-0.25, -0.2) is 13.8 Å². The molecule has 1 aromatic heterocycles. The van der Waals surface area contributed by atoms with Gasteiger partial charge in [0.05, 0.1) is 12.0 Å². The summed E-state index contributed by atoms with van der Waals surface area (Å²) in [6, 6.07) is 1.14. The molecule has 0 saturated heterocycles. The lowest BCUT2D eigenvalue weighted by Gasteiger charge is -1.95. The Morgan fingerprint density at radius 3 is 2.70 bits per heavy atom. The van der Waals surface area contributed by atoms with Gasteiger partial charge in [-0.2, -0.15) is 0 Å². The van der Waals surface area contributed by atoms with Crippen molar-refractivity contribution in [1.29, 1.82) is 0 Å². The lowest BCUT2D eigenvalue weighted by atomic mass is 10.4. The van der Waals surface area contributed by atoms with Gasteiger partial charge in [-0.3, -0.25) is 0 Å². The number of hydrogen-bond acceptors (Lipinski definition) is 2. The first-order valence-electron chi connectivity index (χ1n) is 2.53. The number of aromatic amines is 1. The van der Waals surface area contributed by atoms with E-state index in [1.54, 1.807) is 0 Å². The highest BCUT2D eigenvalue weighted by molar-refractivity contribution is 7.71.